The van der Waals surface area contributed by atoms with Crippen LogP contribution in [0.25, 0.3) is 0 Å². The fourth-order valence-electron chi connectivity index (χ4n) is 1.18. The topological polar surface area (TPSA) is 69.4 Å². The summed E-state index contributed by atoms with van der Waals surface area (Å²) in [6.07, 6.45) is 3.23. The summed E-state index contributed by atoms with van der Waals surface area (Å²) in [5.74, 6) is -0.774. The van der Waals surface area contributed by atoms with Gasteiger partial charge >= 0.3 is 5.97 Å². The maximum Gasteiger partial charge on any atom is 0.309 e. The second kappa shape index (κ2) is 10.9. The van der Waals surface area contributed by atoms with Crippen molar-refractivity contribution in [3.05, 3.63) is 0 Å². The number of ketones is 1. The number of carbonyl (C=O) groups is 2. The van der Waals surface area contributed by atoms with Gasteiger partial charge in [0.15, 0.2) is 0 Å². The van der Waals surface area contributed by atoms with Gasteiger partial charge in [0.1, 0.15) is 5.78 Å². The molecule has 0 saturated carbocycles. The van der Waals surface area contributed by atoms with Crippen LogP contribution in [0.3, 0.4) is 0 Å². The number of halogens is 1. The summed E-state index contributed by atoms with van der Waals surface area (Å²) in [5.41, 5.74) is 5.16. The van der Waals surface area contributed by atoms with Crippen molar-refractivity contribution in [1.82, 2.24) is 0 Å². The average Bonchev–Trinajstić information content (AvgIpc) is 2.23. The molecule has 0 amide bonds. The Hall–Kier alpha value is -0.610. The van der Waals surface area contributed by atoms with Crippen LogP contribution in [0.1, 0.15) is 39.5 Å². The van der Waals surface area contributed by atoms with Crippen LogP contribution in [0.5, 0.6) is 0 Å². The molecule has 0 saturated heterocycles. The quantitative estimate of drug-likeness (QED) is 0.527. The van der Waals surface area contributed by atoms with E-state index in [-0.39, 0.29) is 43.0 Å². The lowest BCUT2D eigenvalue weighted by Gasteiger charge is -2.09. The number of ether oxygens (including phenoxy) is 1. The van der Waals surface area contributed by atoms with Crippen molar-refractivity contribution in [2.24, 2.45) is 11.7 Å². The first-order valence-corrected chi connectivity index (χ1v) is 5.50. The van der Waals surface area contributed by atoms with Gasteiger partial charge < -0.3 is 10.5 Å². The van der Waals surface area contributed by atoms with Crippen molar-refractivity contribution in [2.75, 3.05) is 13.2 Å². The molecular weight excluding hydrogens is 230 g/mol. The molecule has 0 aliphatic carbocycles. The van der Waals surface area contributed by atoms with Crippen LogP contribution < -0.4 is 5.73 Å². The summed E-state index contributed by atoms with van der Waals surface area (Å²) in [7, 11) is 0. The molecule has 0 rings (SSSR count). The van der Waals surface area contributed by atoms with Gasteiger partial charge in [0.2, 0.25) is 0 Å². The zero-order chi connectivity index (χ0) is 11.7. The molecule has 16 heavy (non-hydrogen) atoms. The van der Waals surface area contributed by atoms with Crippen molar-refractivity contribution < 1.29 is 14.3 Å². The Morgan fingerprint density at radius 2 is 1.94 bits per heavy atom. The molecule has 1 atom stereocenters. The number of esters is 1. The summed E-state index contributed by atoms with van der Waals surface area (Å²) in [6.45, 7) is 4.22. The van der Waals surface area contributed by atoms with Crippen LogP contribution in [0.15, 0.2) is 0 Å². The Kier molecular flexibility index (Phi) is 12.1. The van der Waals surface area contributed by atoms with E-state index in [4.69, 9.17) is 10.5 Å². The number of Topliss-reactive ketones (excluding diaryl/α,β-unsaturated/α-hetero) is 1. The molecule has 2 N–H and O–H groups in total. The van der Waals surface area contributed by atoms with E-state index in [9.17, 15) is 9.59 Å². The average molecular weight is 252 g/mol. The molecule has 0 bridgehead atoms. The molecule has 0 aliphatic heterocycles. The summed E-state index contributed by atoms with van der Waals surface area (Å²) in [4.78, 5) is 22.3. The number of carbonyl (C=O) groups excluding carboxylic acids is 2. The van der Waals surface area contributed by atoms with Crippen LogP contribution >= 0.6 is 12.4 Å². The molecule has 0 aliphatic rings. The lowest BCUT2D eigenvalue weighted by molar-refractivity contribution is -0.149. The fraction of sp³-hybridized carbons (Fsp3) is 0.818. The minimum atomic E-state index is -0.373. The van der Waals surface area contributed by atoms with Crippen molar-refractivity contribution in [3.8, 4) is 0 Å². The highest BCUT2D eigenvalue weighted by Crippen LogP contribution is 2.06. The highest BCUT2D eigenvalue weighted by atomic mass is 35.5. The Bertz CT molecular complexity index is 209. The first-order valence-electron chi connectivity index (χ1n) is 5.50. The van der Waals surface area contributed by atoms with Crippen molar-refractivity contribution in [3.63, 3.8) is 0 Å². The fourth-order valence-corrected chi connectivity index (χ4v) is 1.18. The zero-order valence-electron chi connectivity index (χ0n) is 10.0. The summed E-state index contributed by atoms with van der Waals surface area (Å²) in [5, 5.41) is 0. The second-order valence-corrected chi connectivity index (χ2v) is 3.72. The highest BCUT2D eigenvalue weighted by molar-refractivity contribution is 5.85. The molecule has 0 spiro atoms. The van der Waals surface area contributed by atoms with Crippen LogP contribution in [0.2, 0.25) is 0 Å². The van der Waals surface area contributed by atoms with Crippen LogP contribution in [0.4, 0.5) is 0 Å². The van der Waals surface area contributed by atoms with E-state index in [0.29, 0.717) is 6.61 Å². The number of nitrogens with two attached hydrogens (primary N) is 1. The number of hydrogen-bond donors (Lipinski definition) is 1. The highest BCUT2D eigenvalue weighted by Gasteiger charge is 2.17. The Morgan fingerprint density at radius 3 is 2.44 bits per heavy atom. The standard InChI is InChI=1S/C11H21NO3.ClH/c1-3-4-5-6-15-11(14)9(2)7-10(13)8-12;/h9H,3-8,12H2,1-2H3;1H. The minimum absolute atomic E-state index is 0. The van der Waals surface area contributed by atoms with Crippen LogP contribution in [-0.4, -0.2) is 24.9 Å². The third-order valence-corrected chi connectivity index (χ3v) is 2.16. The van der Waals surface area contributed by atoms with Gasteiger partial charge in [-0.3, -0.25) is 9.59 Å². The first kappa shape index (κ1) is 17.8. The third-order valence-electron chi connectivity index (χ3n) is 2.16. The number of hydrogen-bond acceptors (Lipinski definition) is 4. The normalized spacial score (nSPS) is 11.4. The molecule has 96 valence electrons. The van der Waals surface area contributed by atoms with E-state index < -0.39 is 0 Å². The van der Waals surface area contributed by atoms with Gasteiger partial charge in [0.05, 0.1) is 19.1 Å². The number of unbranched alkanes of at least 4 members (excludes halogenated alkanes) is 2. The van der Waals surface area contributed by atoms with E-state index >= 15 is 0 Å². The number of rotatable bonds is 8. The van der Waals surface area contributed by atoms with E-state index in [0.717, 1.165) is 19.3 Å². The van der Waals surface area contributed by atoms with Gasteiger partial charge in [-0.1, -0.05) is 26.7 Å². The molecule has 0 radical (unpaired) electrons. The lowest BCUT2D eigenvalue weighted by Crippen LogP contribution is -2.22. The van der Waals surface area contributed by atoms with Gasteiger partial charge in [0, 0.05) is 6.42 Å². The molecule has 0 aromatic carbocycles. The van der Waals surface area contributed by atoms with Gasteiger partial charge in [-0.25, -0.2) is 0 Å². The summed E-state index contributed by atoms with van der Waals surface area (Å²) < 4.78 is 5.02. The SMILES string of the molecule is CCCCCOC(=O)C(C)CC(=O)CN.Cl. The van der Waals surface area contributed by atoms with E-state index in [1.165, 1.54) is 0 Å². The minimum Gasteiger partial charge on any atom is -0.465 e. The van der Waals surface area contributed by atoms with E-state index in [2.05, 4.69) is 6.92 Å². The smallest absolute Gasteiger partial charge is 0.309 e. The van der Waals surface area contributed by atoms with Crippen molar-refractivity contribution in [1.29, 1.82) is 0 Å². The molecule has 1 unspecified atom stereocenters. The predicted octanol–water partition coefficient (Wildman–Crippen LogP) is 1.70. The van der Waals surface area contributed by atoms with Gasteiger partial charge in [-0.05, 0) is 6.42 Å². The maximum atomic E-state index is 11.3. The maximum absolute atomic E-state index is 11.3. The molecule has 0 heterocycles. The zero-order valence-corrected chi connectivity index (χ0v) is 10.8. The van der Waals surface area contributed by atoms with Crippen LogP contribution in [-0.2, 0) is 14.3 Å². The van der Waals surface area contributed by atoms with E-state index in [1.807, 2.05) is 0 Å². The Balaban J connectivity index is 0. The van der Waals surface area contributed by atoms with E-state index in [1.54, 1.807) is 6.92 Å². The second-order valence-electron chi connectivity index (χ2n) is 3.72. The third kappa shape index (κ3) is 8.68. The first-order chi connectivity index (χ1) is 7.11. The van der Waals surface area contributed by atoms with Gasteiger partial charge in [-0.2, -0.15) is 0 Å². The molecule has 0 fully saturated rings. The lowest BCUT2D eigenvalue weighted by atomic mass is 10.1. The summed E-state index contributed by atoms with van der Waals surface area (Å²) >= 11 is 0. The Labute approximate surface area is 103 Å². The molecule has 0 aromatic heterocycles. The van der Waals surface area contributed by atoms with Gasteiger partial charge in [-0.15, -0.1) is 12.4 Å². The largest absolute Gasteiger partial charge is 0.465 e. The monoisotopic (exact) mass is 251 g/mol. The van der Waals surface area contributed by atoms with Gasteiger partial charge in [0.25, 0.3) is 0 Å². The summed E-state index contributed by atoms with van der Waals surface area (Å²) in [6, 6.07) is 0. The molecule has 5 heteroatoms. The Morgan fingerprint density at radius 1 is 1.31 bits per heavy atom. The van der Waals surface area contributed by atoms with Crippen molar-refractivity contribution >= 4 is 24.2 Å². The molecule has 0 aromatic rings. The van der Waals surface area contributed by atoms with Crippen LogP contribution in [0, 0.1) is 5.92 Å². The predicted molar refractivity (Wildman–Crippen MR) is 65.6 cm³/mol. The molecular formula is C11H22ClNO3. The van der Waals surface area contributed by atoms with Crippen molar-refractivity contribution in [2.45, 2.75) is 39.5 Å². The molecule has 4 nitrogen and oxygen atoms in total.